The Balaban J connectivity index is 2.18. The lowest BCUT2D eigenvalue weighted by molar-refractivity contribution is 0.272. The van der Waals surface area contributed by atoms with Gasteiger partial charge in [0.05, 0.1) is 0 Å². The number of nitrogens with two attached hydrogens (primary N) is 1. The van der Waals surface area contributed by atoms with Crippen molar-refractivity contribution in [2.45, 2.75) is 38.0 Å². The minimum Gasteiger partial charge on any atom is -0.328 e. The van der Waals surface area contributed by atoms with Crippen LogP contribution in [0.5, 0.6) is 0 Å². The molecule has 1 aliphatic heterocycles. The Morgan fingerprint density at radius 1 is 1.62 bits per heavy atom. The number of nitrogens with zero attached hydrogens (tertiary/aromatic N) is 1. The summed E-state index contributed by atoms with van der Waals surface area (Å²) in [6.45, 7) is 8.10. The first-order chi connectivity index (χ1) is 6.22. The fourth-order valence-electron chi connectivity index (χ4n) is 1.62. The average molecular weight is 202 g/mol. The molecule has 2 atom stereocenters. The van der Waals surface area contributed by atoms with Crippen LogP contribution >= 0.6 is 11.8 Å². The molecule has 0 aromatic carbocycles. The molecule has 0 bridgehead atoms. The number of thioether (sulfide) groups is 1. The molecular formula is C10H22N2S. The van der Waals surface area contributed by atoms with E-state index in [0.29, 0.717) is 6.04 Å². The lowest BCUT2D eigenvalue weighted by atomic mass is 10.2. The second-order valence-corrected chi connectivity index (χ2v) is 5.38. The average Bonchev–Trinajstić information content (AvgIpc) is 2.15. The van der Waals surface area contributed by atoms with Crippen molar-refractivity contribution in [2.75, 3.05) is 25.4 Å². The van der Waals surface area contributed by atoms with Crippen molar-refractivity contribution in [3.63, 3.8) is 0 Å². The minimum absolute atomic E-state index is 0.356. The van der Waals surface area contributed by atoms with Crippen LogP contribution in [0.4, 0.5) is 0 Å². The van der Waals surface area contributed by atoms with Crippen LogP contribution in [-0.4, -0.2) is 41.6 Å². The zero-order valence-electron chi connectivity index (χ0n) is 8.83. The second kappa shape index (κ2) is 5.89. The van der Waals surface area contributed by atoms with E-state index in [9.17, 15) is 0 Å². The quantitative estimate of drug-likeness (QED) is 0.750. The van der Waals surface area contributed by atoms with E-state index in [1.165, 1.54) is 31.8 Å². The van der Waals surface area contributed by atoms with Crippen molar-refractivity contribution in [2.24, 2.45) is 5.73 Å². The first-order valence-electron chi connectivity index (χ1n) is 5.32. The lowest BCUT2D eigenvalue weighted by Gasteiger charge is -2.32. The van der Waals surface area contributed by atoms with Gasteiger partial charge < -0.3 is 10.6 Å². The van der Waals surface area contributed by atoms with E-state index in [0.717, 1.165) is 11.7 Å². The molecule has 1 saturated heterocycles. The molecule has 1 aliphatic rings. The Kier molecular flexibility index (Phi) is 5.14. The zero-order valence-corrected chi connectivity index (χ0v) is 9.65. The topological polar surface area (TPSA) is 29.3 Å². The first-order valence-corrected chi connectivity index (χ1v) is 6.36. The number of hydrogen-bond donors (Lipinski definition) is 1. The van der Waals surface area contributed by atoms with Gasteiger partial charge in [-0.25, -0.2) is 0 Å². The van der Waals surface area contributed by atoms with Gasteiger partial charge in [0.1, 0.15) is 0 Å². The van der Waals surface area contributed by atoms with Crippen molar-refractivity contribution in [3.8, 4) is 0 Å². The van der Waals surface area contributed by atoms with Crippen LogP contribution in [0.15, 0.2) is 0 Å². The van der Waals surface area contributed by atoms with Gasteiger partial charge in [-0.15, -0.1) is 0 Å². The van der Waals surface area contributed by atoms with Gasteiger partial charge in [0.15, 0.2) is 0 Å². The SMILES string of the molecule is CCC1CN(CCC(C)N)CCS1. The van der Waals surface area contributed by atoms with E-state index in [-0.39, 0.29) is 0 Å². The van der Waals surface area contributed by atoms with Crippen LogP contribution in [0, 0.1) is 0 Å². The third-order valence-corrected chi connectivity index (χ3v) is 3.95. The van der Waals surface area contributed by atoms with E-state index >= 15 is 0 Å². The highest BCUT2D eigenvalue weighted by molar-refractivity contribution is 8.00. The van der Waals surface area contributed by atoms with E-state index < -0.39 is 0 Å². The van der Waals surface area contributed by atoms with E-state index in [4.69, 9.17) is 5.73 Å². The molecule has 0 aliphatic carbocycles. The highest BCUT2D eigenvalue weighted by Crippen LogP contribution is 2.20. The summed E-state index contributed by atoms with van der Waals surface area (Å²) in [5.74, 6) is 1.30. The highest BCUT2D eigenvalue weighted by Gasteiger charge is 2.18. The predicted octanol–water partition coefficient (Wildman–Crippen LogP) is 1.55. The van der Waals surface area contributed by atoms with Gasteiger partial charge in [0.25, 0.3) is 0 Å². The zero-order chi connectivity index (χ0) is 9.68. The summed E-state index contributed by atoms with van der Waals surface area (Å²) in [6, 6.07) is 0.356. The fraction of sp³-hybridized carbons (Fsp3) is 1.00. The third kappa shape index (κ3) is 4.34. The molecule has 1 heterocycles. The fourth-order valence-corrected chi connectivity index (χ4v) is 2.87. The van der Waals surface area contributed by atoms with Crippen molar-refractivity contribution < 1.29 is 0 Å². The number of hydrogen-bond acceptors (Lipinski definition) is 3. The van der Waals surface area contributed by atoms with Gasteiger partial charge in [-0.1, -0.05) is 6.92 Å². The Morgan fingerprint density at radius 3 is 3.00 bits per heavy atom. The van der Waals surface area contributed by atoms with Gasteiger partial charge in [-0.05, 0) is 26.3 Å². The standard InChI is InChI=1S/C10H22N2S/c1-3-10-8-12(6-7-13-10)5-4-9(2)11/h9-10H,3-8,11H2,1-2H3. The summed E-state index contributed by atoms with van der Waals surface area (Å²) in [7, 11) is 0. The molecule has 0 aromatic rings. The molecule has 2 unspecified atom stereocenters. The van der Waals surface area contributed by atoms with E-state index in [1.54, 1.807) is 0 Å². The monoisotopic (exact) mass is 202 g/mol. The van der Waals surface area contributed by atoms with Crippen molar-refractivity contribution in [1.82, 2.24) is 4.90 Å². The summed E-state index contributed by atoms with van der Waals surface area (Å²) < 4.78 is 0. The third-order valence-electron chi connectivity index (χ3n) is 2.58. The van der Waals surface area contributed by atoms with E-state index in [2.05, 4.69) is 30.5 Å². The van der Waals surface area contributed by atoms with Crippen LogP contribution in [0.2, 0.25) is 0 Å². The van der Waals surface area contributed by atoms with Crippen LogP contribution in [0.1, 0.15) is 26.7 Å². The maximum absolute atomic E-state index is 5.74. The molecule has 1 rings (SSSR count). The Labute approximate surface area is 86.2 Å². The van der Waals surface area contributed by atoms with Crippen LogP contribution in [0.25, 0.3) is 0 Å². The maximum atomic E-state index is 5.74. The summed E-state index contributed by atoms with van der Waals surface area (Å²) in [4.78, 5) is 2.56. The molecule has 78 valence electrons. The van der Waals surface area contributed by atoms with Crippen LogP contribution in [-0.2, 0) is 0 Å². The molecule has 3 heteroatoms. The Morgan fingerprint density at radius 2 is 2.38 bits per heavy atom. The van der Waals surface area contributed by atoms with Gasteiger partial charge in [-0.3, -0.25) is 0 Å². The van der Waals surface area contributed by atoms with Gasteiger partial charge in [-0.2, -0.15) is 11.8 Å². The Bertz CT molecular complexity index is 139. The molecule has 0 spiro atoms. The molecule has 13 heavy (non-hydrogen) atoms. The molecule has 0 amide bonds. The van der Waals surface area contributed by atoms with Crippen molar-refractivity contribution in [1.29, 1.82) is 0 Å². The number of rotatable bonds is 4. The van der Waals surface area contributed by atoms with E-state index in [1.807, 2.05) is 0 Å². The molecule has 2 N–H and O–H groups in total. The predicted molar refractivity (Wildman–Crippen MR) is 61.2 cm³/mol. The van der Waals surface area contributed by atoms with Gasteiger partial charge >= 0.3 is 0 Å². The molecule has 2 nitrogen and oxygen atoms in total. The van der Waals surface area contributed by atoms with Crippen LogP contribution in [0.3, 0.4) is 0 Å². The molecule has 0 saturated carbocycles. The molecule has 0 radical (unpaired) electrons. The Hall–Kier alpha value is 0.270. The molecular weight excluding hydrogens is 180 g/mol. The van der Waals surface area contributed by atoms with Gasteiger partial charge in [0.2, 0.25) is 0 Å². The van der Waals surface area contributed by atoms with Crippen LogP contribution < -0.4 is 5.73 Å². The summed E-state index contributed by atoms with van der Waals surface area (Å²) in [5.41, 5.74) is 5.74. The normalized spacial score (nSPS) is 27.5. The maximum Gasteiger partial charge on any atom is 0.0172 e. The molecule has 0 aromatic heterocycles. The minimum atomic E-state index is 0.356. The molecule has 1 fully saturated rings. The first kappa shape index (κ1) is 11.3. The smallest absolute Gasteiger partial charge is 0.0172 e. The van der Waals surface area contributed by atoms with Crippen molar-refractivity contribution in [3.05, 3.63) is 0 Å². The lowest BCUT2D eigenvalue weighted by Crippen LogP contribution is -2.39. The van der Waals surface area contributed by atoms with Gasteiger partial charge in [0, 0.05) is 30.1 Å². The van der Waals surface area contributed by atoms with Crippen molar-refractivity contribution >= 4 is 11.8 Å². The highest BCUT2D eigenvalue weighted by atomic mass is 32.2. The largest absolute Gasteiger partial charge is 0.328 e. The second-order valence-electron chi connectivity index (χ2n) is 3.97. The summed E-state index contributed by atoms with van der Waals surface area (Å²) in [5, 5.41) is 0.863. The summed E-state index contributed by atoms with van der Waals surface area (Å²) >= 11 is 2.13. The summed E-state index contributed by atoms with van der Waals surface area (Å²) in [6.07, 6.45) is 2.44.